The van der Waals surface area contributed by atoms with Crippen LogP contribution in [0.3, 0.4) is 0 Å². The summed E-state index contributed by atoms with van der Waals surface area (Å²) in [5.41, 5.74) is 2.30. The van der Waals surface area contributed by atoms with Gasteiger partial charge in [-0.05, 0) is 32.8 Å². The van der Waals surface area contributed by atoms with Crippen molar-refractivity contribution >= 4 is 11.7 Å². The van der Waals surface area contributed by atoms with Crippen LogP contribution in [0.5, 0.6) is 0 Å². The average Bonchev–Trinajstić information content (AvgIpc) is 2.92. The maximum atomic E-state index is 12.7. The Hall–Kier alpha value is -2.44. The second-order valence-electron chi connectivity index (χ2n) is 7.18. The summed E-state index contributed by atoms with van der Waals surface area (Å²) in [6, 6.07) is 1.96. The molecule has 0 unspecified atom stereocenters. The summed E-state index contributed by atoms with van der Waals surface area (Å²) in [6.45, 7) is 10.1. The number of aromatic nitrogens is 4. The van der Waals surface area contributed by atoms with E-state index in [1.165, 1.54) is 5.56 Å². The van der Waals surface area contributed by atoms with E-state index in [0.29, 0.717) is 13.0 Å². The molecular weight excluding hydrogens is 340 g/mol. The summed E-state index contributed by atoms with van der Waals surface area (Å²) < 4.78 is 1.89. The fourth-order valence-electron chi connectivity index (χ4n) is 3.57. The van der Waals surface area contributed by atoms with Gasteiger partial charge < -0.3 is 9.80 Å². The Balaban J connectivity index is 1.61. The summed E-state index contributed by atoms with van der Waals surface area (Å²) >= 11 is 0. The van der Waals surface area contributed by atoms with Gasteiger partial charge in [0, 0.05) is 62.8 Å². The standard InChI is InChI=1S/C20H30N6O/c1-4-6-18-15-21-17(3)23-20(18)25-11-5-10-24(13-14-25)19(27)8-12-26-16(2)7-9-22-26/h7,9,15H,4-6,8,10-14H2,1-3H3. The number of nitrogens with zero attached hydrogens (tertiary/aromatic N) is 6. The molecule has 1 amide bonds. The highest BCUT2D eigenvalue weighted by Crippen LogP contribution is 2.21. The lowest BCUT2D eigenvalue weighted by Crippen LogP contribution is -2.36. The van der Waals surface area contributed by atoms with E-state index in [1.54, 1.807) is 6.20 Å². The SMILES string of the molecule is CCCc1cnc(C)nc1N1CCCN(C(=O)CCn2nccc2C)CC1. The normalized spacial score (nSPS) is 15.1. The molecule has 0 aliphatic carbocycles. The molecule has 0 spiro atoms. The molecule has 1 aliphatic rings. The van der Waals surface area contributed by atoms with Crippen molar-refractivity contribution in [2.75, 3.05) is 31.1 Å². The van der Waals surface area contributed by atoms with Crippen molar-refractivity contribution in [3.8, 4) is 0 Å². The molecule has 0 radical (unpaired) electrons. The molecule has 0 bridgehead atoms. The summed E-state index contributed by atoms with van der Waals surface area (Å²) in [5, 5.41) is 4.26. The van der Waals surface area contributed by atoms with Crippen LogP contribution in [0.25, 0.3) is 0 Å². The largest absolute Gasteiger partial charge is 0.354 e. The van der Waals surface area contributed by atoms with Gasteiger partial charge in [-0.3, -0.25) is 9.48 Å². The number of hydrogen-bond donors (Lipinski definition) is 0. The Morgan fingerprint density at radius 1 is 1.19 bits per heavy atom. The lowest BCUT2D eigenvalue weighted by molar-refractivity contribution is -0.131. The summed E-state index contributed by atoms with van der Waals surface area (Å²) in [4.78, 5) is 26.1. The Labute approximate surface area is 161 Å². The molecule has 7 heteroatoms. The van der Waals surface area contributed by atoms with Gasteiger partial charge in [-0.25, -0.2) is 9.97 Å². The van der Waals surface area contributed by atoms with Crippen LogP contribution in [0.15, 0.2) is 18.5 Å². The smallest absolute Gasteiger partial charge is 0.224 e. The molecular formula is C20H30N6O. The van der Waals surface area contributed by atoms with Crippen LogP contribution < -0.4 is 4.90 Å². The maximum absolute atomic E-state index is 12.7. The minimum Gasteiger partial charge on any atom is -0.354 e. The van der Waals surface area contributed by atoms with Crippen molar-refractivity contribution < 1.29 is 4.79 Å². The number of hydrogen-bond acceptors (Lipinski definition) is 5. The van der Waals surface area contributed by atoms with E-state index in [0.717, 1.165) is 62.8 Å². The van der Waals surface area contributed by atoms with Gasteiger partial charge in [-0.2, -0.15) is 5.10 Å². The second kappa shape index (κ2) is 8.97. The predicted octanol–water partition coefficient (Wildman–Crippen LogP) is 2.37. The molecule has 1 aliphatic heterocycles. The molecule has 2 aromatic heterocycles. The summed E-state index contributed by atoms with van der Waals surface area (Å²) in [7, 11) is 0. The number of carbonyl (C=O) groups excluding carboxylic acids is 1. The zero-order chi connectivity index (χ0) is 19.2. The highest BCUT2D eigenvalue weighted by Gasteiger charge is 2.21. The van der Waals surface area contributed by atoms with Crippen LogP contribution in [0.4, 0.5) is 5.82 Å². The number of rotatable bonds is 6. The molecule has 7 nitrogen and oxygen atoms in total. The van der Waals surface area contributed by atoms with Gasteiger partial charge >= 0.3 is 0 Å². The molecule has 1 fully saturated rings. The number of aryl methyl sites for hydroxylation is 4. The topological polar surface area (TPSA) is 67.2 Å². The first-order chi connectivity index (χ1) is 13.1. The van der Waals surface area contributed by atoms with E-state index in [4.69, 9.17) is 4.98 Å². The van der Waals surface area contributed by atoms with E-state index in [-0.39, 0.29) is 5.91 Å². The highest BCUT2D eigenvalue weighted by molar-refractivity contribution is 5.76. The zero-order valence-electron chi connectivity index (χ0n) is 16.7. The van der Waals surface area contributed by atoms with Crippen LogP contribution in [0.2, 0.25) is 0 Å². The quantitative estimate of drug-likeness (QED) is 0.781. The van der Waals surface area contributed by atoms with Crippen LogP contribution >= 0.6 is 0 Å². The van der Waals surface area contributed by atoms with Crippen molar-refractivity contribution in [1.82, 2.24) is 24.6 Å². The Kier molecular flexibility index (Phi) is 6.42. The lowest BCUT2D eigenvalue weighted by atomic mass is 10.1. The third-order valence-electron chi connectivity index (χ3n) is 5.10. The zero-order valence-corrected chi connectivity index (χ0v) is 16.7. The van der Waals surface area contributed by atoms with Gasteiger partial charge in [0.2, 0.25) is 5.91 Å². The Morgan fingerprint density at radius 3 is 2.78 bits per heavy atom. The third kappa shape index (κ3) is 4.84. The van der Waals surface area contributed by atoms with Gasteiger partial charge in [0.25, 0.3) is 0 Å². The van der Waals surface area contributed by atoms with E-state index in [1.807, 2.05) is 35.7 Å². The molecule has 1 saturated heterocycles. The molecule has 2 aromatic rings. The lowest BCUT2D eigenvalue weighted by Gasteiger charge is -2.25. The van der Waals surface area contributed by atoms with Crippen molar-refractivity contribution in [2.45, 2.75) is 53.0 Å². The van der Waals surface area contributed by atoms with E-state index in [2.05, 4.69) is 21.9 Å². The molecule has 27 heavy (non-hydrogen) atoms. The van der Waals surface area contributed by atoms with E-state index >= 15 is 0 Å². The fraction of sp³-hybridized carbons (Fsp3) is 0.600. The third-order valence-corrected chi connectivity index (χ3v) is 5.10. The van der Waals surface area contributed by atoms with Crippen molar-refractivity contribution in [2.24, 2.45) is 0 Å². The minimum absolute atomic E-state index is 0.208. The minimum atomic E-state index is 0.208. The molecule has 0 aromatic carbocycles. The van der Waals surface area contributed by atoms with Gasteiger partial charge in [0.15, 0.2) is 0 Å². The second-order valence-corrected chi connectivity index (χ2v) is 7.18. The van der Waals surface area contributed by atoms with Crippen molar-refractivity contribution in [3.63, 3.8) is 0 Å². The first-order valence-electron chi connectivity index (χ1n) is 9.92. The summed E-state index contributed by atoms with van der Waals surface area (Å²) in [6.07, 6.45) is 7.25. The van der Waals surface area contributed by atoms with Gasteiger partial charge in [0.1, 0.15) is 11.6 Å². The molecule has 0 saturated carbocycles. The average molecular weight is 371 g/mol. The van der Waals surface area contributed by atoms with Crippen LogP contribution in [-0.4, -0.2) is 56.7 Å². The Bertz CT molecular complexity index is 772. The molecule has 3 heterocycles. The number of anilines is 1. The highest BCUT2D eigenvalue weighted by atomic mass is 16.2. The molecule has 0 atom stereocenters. The first-order valence-corrected chi connectivity index (χ1v) is 9.92. The monoisotopic (exact) mass is 370 g/mol. The van der Waals surface area contributed by atoms with Gasteiger partial charge in [0.05, 0.1) is 0 Å². The maximum Gasteiger partial charge on any atom is 0.224 e. The number of amides is 1. The van der Waals surface area contributed by atoms with Crippen LogP contribution in [0, 0.1) is 13.8 Å². The van der Waals surface area contributed by atoms with E-state index < -0.39 is 0 Å². The van der Waals surface area contributed by atoms with Crippen molar-refractivity contribution in [1.29, 1.82) is 0 Å². The summed E-state index contributed by atoms with van der Waals surface area (Å²) in [5.74, 6) is 2.06. The first kappa shape index (κ1) is 19.3. The Morgan fingerprint density at radius 2 is 2.04 bits per heavy atom. The number of carbonyl (C=O) groups is 1. The van der Waals surface area contributed by atoms with E-state index in [9.17, 15) is 4.79 Å². The predicted molar refractivity (Wildman–Crippen MR) is 106 cm³/mol. The molecule has 3 rings (SSSR count). The van der Waals surface area contributed by atoms with Crippen LogP contribution in [0.1, 0.15) is 43.3 Å². The van der Waals surface area contributed by atoms with Gasteiger partial charge in [-0.1, -0.05) is 13.3 Å². The molecule has 0 N–H and O–H groups in total. The molecule has 146 valence electrons. The fourth-order valence-corrected chi connectivity index (χ4v) is 3.57. The van der Waals surface area contributed by atoms with Crippen LogP contribution in [-0.2, 0) is 17.8 Å². The van der Waals surface area contributed by atoms with Crippen molar-refractivity contribution in [3.05, 3.63) is 35.5 Å². The van der Waals surface area contributed by atoms with Gasteiger partial charge in [-0.15, -0.1) is 0 Å².